The SMILES string of the molecule is c1csc(CN2CC3(CCCCC3)NCC2C2CC2)c1. The number of nitrogens with zero attached hydrogens (tertiary/aromatic N) is 1. The van der Waals surface area contributed by atoms with Crippen molar-refractivity contribution in [3.63, 3.8) is 0 Å². The van der Waals surface area contributed by atoms with E-state index < -0.39 is 0 Å². The maximum Gasteiger partial charge on any atom is 0.0332 e. The average molecular weight is 290 g/mol. The Morgan fingerprint density at radius 3 is 2.80 bits per heavy atom. The molecule has 0 radical (unpaired) electrons. The second-order valence-corrected chi connectivity index (χ2v) is 8.14. The fourth-order valence-corrected chi connectivity index (χ4v) is 5.03. The van der Waals surface area contributed by atoms with Crippen molar-refractivity contribution in [2.75, 3.05) is 13.1 Å². The van der Waals surface area contributed by atoms with Crippen LogP contribution in [0, 0.1) is 5.92 Å². The molecule has 1 saturated heterocycles. The first-order valence-electron chi connectivity index (χ1n) is 8.36. The van der Waals surface area contributed by atoms with Crippen LogP contribution in [-0.2, 0) is 6.54 Å². The van der Waals surface area contributed by atoms with Gasteiger partial charge in [0.05, 0.1) is 0 Å². The van der Waals surface area contributed by atoms with Gasteiger partial charge in [0, 0.05) is 36.1 Å². The molecule has 1 N–H and O–H groups in total. The van der Waals surface area contributed by atoms with Crippen molar-refractivity contribution in [3.05, 3.63) is 22.4 Å². The molecule has 1 aromatic rings. The summed E-state index contributed by atoms with van der Waals surface area (Å²) in [5, 5.41) is 6.20. The molecule has 3 heteroatoms. The fourth-order valence-electron chi connectivity index (χ4n) is 4.30. The molecule has 3 fully saturated rings. The number of piperazine rings is 1. The summed E-state index contributed by atoms with van der Waals surface area (Å²) in [6.45, 7) is 3.70. The molecular formula is C17H26N2S. The lowest BCUT2D eigenvalue weighted by Gasteiger charge is -2.50. The summed E-state index contributed by atoms with van der Waals surface area (Å²) < 4.78 is 0. The molecule has 1 unspecified atom stereocenters. The van der Waals surface area contributed by atoms with Crippen LogP contribution < -0.4 is 5.32 Å². The largest absolute Gasteiger partial charge is 0.308 e. The highest BCUT2D eigenvalue weighted by Crippen LogP contribution is 2.40. The van der Waals surface area contributed by atoms with Crippen LogP contribution in [0.3, 0.4) is 0 Å². The van der Waals surface area contributed by atoms with Crippen LogP contribution in [-0.4, -0.2) is 29.6 Å². The summed E-state index contributed by atoms with van der Waals surface area (Å²) in [6.07, 6.45) is 10.00. The van der Waals surface area contributed by atoms with E-state index in [1.165, 1.54) is 64.6 Å². The van der Waals surface area contributed by atoms with Gasteiger partial charge in [0.25, 0.3) is 0 Å². The summed E-state index contributed by atoms with van der Waals surface area (Å²) in [4.78, 5) is 4.37. The highest BCUT2D eigenvalue weighted by molar-refractivity contribution is 7.09. The Hall–Kier alpha value is -0.380. The first kappa shape index (κ1) is 13.3. The molecule has 1 atom stereocenters. The molecule has 3 aliphatic rings. The molecule has 2 aliphatic carbocycles. The van der Waals surface area contributed by atoms with Crippen LogP contribution in [0.15, 0.2) is 17.5 Å². The van der Waals surface area contributed by atoms with Crippen LogP contribution in [0.4, 0.5) is 0 Å². The topological polar surface area (TPSA) is 15.3 Å². The highest BCUT2D eigenvalue weighted by atomic mass is 32.1. The first-order valence-corrected chi connectivity index (χ1v) is 9.24. The van der Waals surface area contributed by atoms with E-state index >= 15 is 0 Å². The number of nitrogens with one attached hydrogen (secondary N) is 1. The average Bonchev–Trinajstić information content (AvgIpc) is 3.17. The molecule has 0 aromatic carbocycles. The molecule has 2 heterocycles. The fraction of sp³-hybridized carbons (Fsp3) is 0.765. The van der Waals surface area contributed by atoms with Gasteiger partial charge in [-0.1, -0.05) is 25.3 Å². The Kier molecular flexibility index (Phi) is 3.61. The summed E-state index contributed by atoms with van der Waals surface area (Å²) in [5.41, 5.74) is 0.445. The van der Waals surface area contributed by atoms with E-state index in [2.05, 4.69) is 27.7 Å². The standard InChI is InChI=1S/C17H26N2S/c1-2-8-17(9-3-1)13-19(12-15-5-4-10-20-15)16(11-18-17)14-6-7-14/h4-5,10,14,16,18H,1-3,6-9,11-13H2. The van der Waals surface area contributed by atoms with Crippen molar-refractivity contribution in [1.82, 2.24) is 10.2 Å². The van der Waals surface area contributed by atoms with Gasteiger partial charge in [-0.25, -0.2) is 0 Å². The zero-order valence-electron chi connectivity index (χ0n) is 12.3. The minimum Gasteiger partial charge on any atom is -0.308 e. The van der Waals surface area contributed by atoms with Crippen LogP contribution in [0.5, 0.6) is 0 Å². The van der Waals surface area contributed by atoms with E-state index in [1.807, 2.05) is 11.3 Å². The molecular weight excluding hydrogens is 264 g/mol. The van der Waals surface area contributed by atoms with Gasteiger partial charge < -0.3 is 5.32 Å². The van der Waals surface area contributed by atoms with E-state index in [9.17, 15) is 0 Å². The van der Waals surface area contributed by atoms with Gasteiger partial charge in [-0.15, -0.1) is 11.3 Å². The van der Waals surface area contributed by atoms with E-state index in [0.717, 1.165) is 12.0 Å². The van der Waals surface area contributed by atoms with Crippen molar-refractivity contribution in [2.24, 2.45) is 5.92 Å². The number of hydrogen-bond donors (Lipinski definition) is 1. The molecule has 110 valence electrons. The molecule has 1 aliphatic heterocycles. The molecule has 20 heavy (non-hydrogen) atoms. The highest BCUT2D eigenvalue weighted by Gasteiger charge is 2.44. The molecule has 0 amide bonds. The Labute approximate surface area is 126 Å². The van der Waals surface area contributed by atoms with E-state index in [-0.39, 0.29) is 0 Å². The second kappa shape index (κ2) is 5.43. The lowest BCUT2D eigenvalue weighted by molar-refractivity contribution is 0.0415. The first-order chi connectivity index (χ1) is 9.85. The second-order valence-electron chi connectivity index (χ2n) is 7.11. The molecule has 0 bridgehead atoms. The Morgan fingerprint density at radius 1 is 1.25 bits per heavy atom. The quantitative estimate of drug-likeness (QED) is 0.914. The molecule has 1 spiro atoms. The van der Waals surface area contributed by atoms with Crippen molar-refractivity contribution >= 4 is 11.3 Å². The molecule has 2 saturated carbocycles. The van der Waals surface area contributed by atoms with Crippen LogP contribution in [0.25, 0.3) is 0 Å². The minimum atomic E-state index is 0.445. The van der Waals surface area contributed by atoms with E-state index in [0.29, 0.717) is 5.54 Å². The monoisotopic (exact) mass is 290 g/mol. The van der Waals surface area contributed by atoms with Gasteiger partial charge >= 0.3 is 0 Å². The lowest BCUT2D eigenvalue weighted by atomic mass is 9.79. The number of thiophene rings is 1. The van der Waals surface area contributed by atoms with E-state index in [4.69, 9.17) is 0 Å². The van der Waals surface area contributed by atoms with Crippen molar-refractivity contribution in [2.45, 2.75) is 63.1 Å². The summed E-state index contributed by atoms with van der Waals surface area (Å²) >= 11 is 1.92. The van der Waals surface area contributed by atoms with Crippen LogP contribution in [0.1, 0.15) is 49.8 Å². The van der Waals surface area contributed by atoms with Gasteiger partial charge in [-0.3, -0.25) is 4.90 Å². The third kappa shape index (κ3) is 2.68. The molecule has 2 nitrogen and oxygen atoms in total. The van der Waals surface area contributed by atoms with E-state index in [1.54, 1.807) is 4.88 Å². The van der Waals surface area contributed by atoms with Gasteiger partial charge in [-0.2, -0.15) is 0 Å². The number of hydrogen-bond acceptors (Lipinski definition) is 3. The van der Waals surface area contributed by atoms with Gasteiger partial charge in [0.1, 0.15) is 0 Å². The Bertz CT molecular complexity index is 432. The summed E-state index contributed by atoms with van der Waals surface area (Å²) in [6, 6.07) is 5.30. The summed E-state index contributed by atoms with van der Waals surface area (Å²) in [7, 11) is 0. The predicted molar refractivity (Wildman–Crippen MR) is 85.1 cm³/mol. The van der Waals surface area contributed by atoms with Crippen LogP contribution in [0.2, 0.25) is 0 Å². The Balaban J connectivity index is 1.50. The normalized spacial score (nSPS) is 30.7. The predicted octanol–water partition coefficient (Wildman–Crippen LogP) is 3.63. The third-order valence-corrected chi connectivity index (χ3v) is 6.44. The lowest BCUT2D eigenvalue weighted by Crippen LogP contribution is -2.64. The maximum atomic E-state index is 3.98. The van der Waals surface area contributed by atoms with Crippen molar-refractivity contribution in [3.8, 4) is 0 Å². The van der Waals surface area contributed by atoms with Gasteiger partial charge in [-0.05, 0) is 43.0 Å². The summed E-state index contributed by atoms with van der Waals surface area (Å²) in [5.74, 6) is 0.975. The maximum absolute atomic E-state index is 3.98. The van der Waals surface area contributed by atoms with Gasteiger partial charge in [0.15, 0.2) is 0 Å². The number of rotatable bonds is 3. The van der Waals surface area contributed by atoms with Gasteiger partial charge in [0.2, 0.25) is 0 Å². The molecule has 4 rings (SSSR count). The van der Waals surface area contributed by atoms with Crippen molar-refractivity contribution < 1.29 is 0 Å². The third-order valence-electron chi connectivity index (χ3n) is 5.58. The smallest absolute Gasteiger partial charge is 0.0332 e. The molecule has 1 aromatic heterocycles. The zero-order chi connectivity index (χ0) is 13.4. The van der Waals surface area contributed by atoms with Crippen molar-refractivity contribution in [1.29, 1.82) is 0 Å². The van der Waals surface area contributed by atoms with Crippen LogP contribution >= 0.6 is 11.3 Å². The Morgan fingerprint density at radius 2 is 2.10 bits per heavy atom. The zero-order valence-corrected chi connectivity index (χ0v) is 13.1. The minimum absolute atomic E-state index is 0.445.